The third kappa shape index (κ3) is 3.85. The quantitative estimate of drug-likeness (QED) is 0.904. The summed E-state index contributed by atoms with van der Waals surface area (Å²) < 4.78 is 0. The summed E-state index contributed by atoms with van der Waals surface area (Å²) in [4.78, 5) is 14.4. The van der Waals surface area contributed by atoms with Gasteiger partial charge in [-0.3, -0.25) is 4.79 Å². The van der Waals surface area contributed by atoms with E-state index in [2.05, 4.69) is 45.0 Å². The zero-order valence-electron chi connectivity index (χ0n) is 13.5. The van der Waals surface area contributed by atoms with Crippen molar-refractivity contribution in [1.82, 2.24) is 4.90 Å². The van der Waals surface area contributed by atoms with Crippen LogP contribution in [0.4, 0.5) is 0 Å². The maximum absolute atomic E-state index is 12.4. The van der Waals surface area contributed by atoms with E-state index < -0.39 is 0 Å². The minimum absolute atomic E-state index is 0.253. The average Bonchev–Trinajstić information content (AvgIpc) is 2.95. The largest absolute Gasteiger partial charge is 0.338 e. The van der Waals surface area contributed by atoms with E-state index >= 15 is 0 Å². The molecule has 1 aliphatic rings. The van der Waals surface area contributed by atoms with Gasteiger partial charge in [0, 0.05) is 25.6 Å². The predicted molar refractivity (Wildman–Crippen MR) is 87.4 cm³/mol. The number of carbonyl (C=O) groups excluding carboxylic acids is 1. The van der Waals surface area contributed by atoms with Gasteiger partial charge in [-0.25, -0.2) is 0 Å². The molecule has 2 unspecified atom stereocenters. The number of benzene rings is 1. The van der Waals surface area contributed by atoms with Crippen molar-refractivity contribution in [1.29, 1.82) is 0 Å². The number of nitrogens with zero attached hydrogens (tertiary/aromatic N) is 1. The van der Waals surface area contributed by atoms with Crippen LogP contribution in [0.5, 0.6) is 0 Å². The van der Waals surface area contributed by atoms with E-state index in [0.717, 1.165) is 19.4 Å². The van der Waals surface area contributed by atoms with Crippen LogP contribution in [0.2, 0.25) is 0 Å². The van der Waals surface area contributed by atoms with Crippen molar-refractivity contribution in [2.24, 2.45) is 5.73 Å². The molecule has 0 saturated carbocycles. The van der Waals surface area contributed by atoms with Crippen LogP contribution in [0.3, 0.4) is 0 Å². The Hall–Kier alpha value is -1.35. The zero-order valence-corrected chi connectivity index (χ0v) is 13.5. The lowest BCUT2D eigenvalue weighted by Crippen LogP contribution is -2.40. The Morgan fingerprint density at radius 1 is 1.24 bits per heavy atom. The van der Waals surface area contributed by atoms with E-state index in [1.807, 2.05) is 4.90 Å². The fraction of sp³-hybridized carbons (Fsp3) is 0.611. The van der Waals surface area contributed by atoms with Crippen molar-refractivity contribution in [3.8, 4) is 0 Å². The molecule has 2 rings (SSSR count). The summed E-state index contributed by atoms with van der Waals surface area (Å²) in [5.41, 5.74) is 8.35. The summed E-state index contributed by atoms with van der Waals surface area (Å²) in [5, 5.41) is 0. The Morgan fingerprint density at radius 2 is 1.86 bits per heavy atom. The highest BCUT2D eigenvalue weighted by molar-refractivity contribution is 5.77. The number of likely N-dealkylation sites (tertiary alicyclic amines) is 1. The van der Waals surface area contributed by atoms with Crippen molar-refractivity contribution >= 4 is 5.91 Å². The molecule has 0 spiro atoms. The van der Waals surface area contributed by atoms with Gasteiger partial charge in [0.2, 0.25) is 5.91 Å². The highest BCUT2D eigenvalue weighted by Gasteiger charge is 2.28. The fourth-order valence-electron chi connectivity index (χ4n) is 3.12. The molecule has 3 heteroatoms. The molecule has 2 N–H and O–H groups in total. The number of amides is 1. The van der Waals surface area contributed by atoms with E-state index in [1.54, 1.807) is 0 Å². The maximum atomic E-state index is 12.4. The van der Waals surface area contributed by atoms with Gasteiger partial charge in [0.1, 0.15) is 0 Å². The number of nitrogens with two attached hydrogens (primary N) is 1. The van der Waals surface area contributed by atoms with Gasteiger partial charge in [-0.1, -0.05) is 45.0 Å². The molecule has 116 valence electrons. The summed E-state index contributed by atoms with van der Waals surface area (Å²) in [7, 11) is 0. The van der Waals surface area contributed by atoms with Crippen molar-refractivity contribution in [3.05, 3.63) is 35.4 Å². The van der Waals surface area contributed by atoms with Crippen molar-refractivity contribution in [2.45, 2.75) is 57.9 Å². The molecule has 1 heterocycles. The zero-order chi connectivity index (χ0) is 15.4. The first kappa shape index (κ1) is 16.0. The molecule has 0 bridgehead atoms. The smallest absolute Gasteiger partial charge is 0.223 e. The minimum atomic E-state index is 0.253. The predicted octanol–water partition coefficient (Wildman–Crippen LogP) is 3.25. The topological polar surface area (TPSA) is 46.3 Å². The van der Waals surface area contributed by atoms with Gasteiger partial charge in [-0.2, -0.15) is 0 Å². The third-order valence-corrected chi connectivity index (χ3v) is 4.62. The molecule has 1 amide bonds. The Morgan fingerprint density at radius 3 is 2.43 bits per heavy atom. The first-order valence-corrected chi connectivity index (χ1v) is 8.12. The lowest BCUT2D eigenvalue weighted by molar-refractivity contribution is -0.132. The summed E-state index contributed by atoms with van der Waals surface area (Å²) >= 11 is 0. The second-order valence-electron chi connectivity index (χ2n) is 6.55. The second-order valence-corrected chi connectivity index (χ2v) is 6.55. The van der Waals surface area contributed by atoms with E-state index in [1.165, 1.54) is 11.1 Å². The summed E-state index contributed by atoms with van der Waals surface area (Å²) in [6, 6.07) is 8.95. The average molecular weight is 288 g/mol. The van der Waals surface area contributed by atoms with Crippen LogP contribution < -0.4 is 5.73 Å². The van der Waals surface area contributed by atoms with E-state index in [4.69, 9.17) is 5.73 Å². The van der Waals surface area contributed by atoms with Crippen LogP contribution in [0.15, 0.2) is 24.3 Å². The van der Waals surface area contributed by atoms with Crippen molar-refractivity contribution in [2.75, 3.05) is 13.1 Å². The fourth-order valence-corrected chi connectivity index (χ4v) is 3.12. The van der Waals surface area contributed by atoms with Crippen LogP contribution >= 0.6 is 0 Å². The van der Waals surface area contributed by atoms with E-state index in [0.29, 0.717) is 18.9 Å². The monoisotopic (exact) mass is 288 g/mol. The van der Waals surface area contributed by atoms with Crippen molar-refractivity contribution in [3.63, 3.8) is 0 Å². The molecule has 1 fully saturated rings. The van der Waals surface area contributed by atoms with Crippen LogP contribution in [-0.4, -0.2) is 29.9 Å². The molecule has 0 radical (unpaired) electrons. The molecule has 1 aliphatic heterocycles. The number of hydrogen-bond donors (Lipinski definition) is 1. The van der Waals surface area contributed by atoms with Gasteiger partial charge in [0.15, 0.2) is 0 Å². The maximum Gasteiger partial charge on any atom is 0.223 e. The summed E-state index contributed by atoms with van der Waals surface area (Å²) in [5.74, 6) is 1.06. The van der Waals surface area contributed by atoms with Crippen molar-refractivity contribution < 1.29 is 4.79 Å². The number of hydrogen-bond acceptors (Lipinski definition) is 2. The Balaban J connectivity index is 1.97. The van der Waals surface area contributed by atoms with Crippen LogP contribution in [-0.2, 0) is 4.79 Å². The van der Waals surface area contributed by atoms with Gasteiger partial charge in [-0.15, -0.1) is 0 Å². The van der Waals surface area contributed by atoms with Gasteiger partial charge < -0.3 is 10.6 Å². The third-order valence-electron chi connectivity index (χ3n) is 4.62. The second kappa shape index (κ2) is 7.08. The molecule has 1 aromatic carbocycles. The van der Waals surface area contributed by atoms with Gasteiger partial charge in [0.25, 0.3) is 0 Å². The summed E-state index contributed by atoms with van der Waals surface area (Å²) in [6.45, 7) is 7.99. The minimum Gasteiger partial charge on any atom is -0.338 e. The lowest BCUT2D eigenvalue weighted by atomic mass is 9.94. The van der Waals surface area contributed by atoms with Crippen LogP contribution in [0.25, 0.3) is 0 Å². The molecule has 0 aliphatic carbocycles. The molecule has 3 nitrogen and oxygen atoms in total. The number of rotatable bonds is 5. The van der Waals surface area contributed by atoms with Gasteiger partial charge >= 0.3 is 0 Å². The first-order chi connectivity index (χ1) is 10.0. The Kier molecular flexibility index (Phi) is 5.40. The molecule has 1 aromatic rings. The Labute approximate surface area is 128 Å². The highest BCUT2D eigenvalue weighted by atomic mass is 16.2. The number of carbonyl (C=O) groups is 1. The molecule has 2 atom stereocenters. The van der Waals surface area contributed by atoms with Gasteiger partial charge in [0.05, 0.1) is 0 Å². The standard InChI is InChI=1S/C18H28N2O/c1-13(2)15-6-8-16(9-7-15)14(3)11-18(21)20-10-4-5-17(20)12-19/h6-9,13-14,17H,4-5,10-12,19H2,1-3H3. The lowest BCUT2D eigenvalue weighted by Gasteiger charge is -2.25. The molecular formula is C18H28N2O. The molecule has 1 saturated heterocycles. The van der Waals surface area contributed by atoms with Gasteiger partial charge in [-0.05, 0) is 35.8 Å². The Bertz CT molecular complexity index is 467. The molecule has 21 heavy (non-hydrogen) atoms. The van der Waals surface area contributed by atoms with Crippen LogP contribution in [0, 0.1) is 0 Å². The normalized spacial score (nSPS) is 20.0. The van der Waals surface area contributed by atoms with Crippen LogP contribution in [0.1, 0.15) is 63.0 Å². The summed E-state index contributed by atoms with van der Waals surface area (Å²) in [6.07, 6.45) is 2.72. The molecule has 0 aromatic heterocycles. The first-order valence-electron chi connectivity index (χ1n) is 8.12. The SMILES string of the molecule is CC(C)c1ccc(C(C)CC(=O)N2CCCC2CN)cc1. The molecular weight excluding hydrogens is 260 g/mol. The van der Waals surface area contributed by atoms with E-state index in [9.17, 15) is 4.79 Å². The van der Waals surface area contributed by atoms with E-state index in [-0.39, 0.29) is 17.9 Å². The highest BCUT2D eigenvalue weighted by Crippen LogP contribution is 2.25.